The van der Waals surface area contributed by atoms with Gasteiger partial charge in [0.2, 0.25) is 0 Å². The lowest BCUT2D eigenvalue weighted by atomic mass is 10.1. The highest BCUT2D eigenvalue weighted by atomic mass is 16.1. The number of aromatic nitrogens is 4. The minimum absolute atomic E-state index is 0.0572. The Balaban J connectivity index is 1.97. The van der Waals surface area contributed by atoms with Crippen LogP contribution in [0.4, 0.5) is 0 Å². The fourth-order valence-corrected chi connectivity index (χ4v) is 1.48. The quantitative estimate of drug-likeness (QED) is 0.716. The summed E-state index contributed by atoms with van der Waals surface area (Å²) >= 11 is 0. The predicted molar refractivity (Wildman–Crippen MR) is 57.9 cm³/mol. The Morgan fingerprint density at radius 1 is 1.38 bits per heavy atom. The molecule has 0 aliphatic heterocycles. The monoisotopic (exact) mass is 216 g/mol. The maximum atomic E-state index is 11.7. The van der Waals surface area contributed by atoms with Crippen LogP contribution in [0, 0.1) is 0 Å². The van der Waals surface area contributed by atoms with Gasteiger partial charge in [-0.2, -0.15) is 5.10 Å². The first-order valence-electron chi connectivity index (χ1n) is 5.02. The van der Waals surface area contributed by atoms with Crippen molar-refractivity contribution >= 4 is 5.78 Å². The SMILES string of the molecule is Cn1nccc1CCC(=O)c1cncnc1. The van der Waals surface area contributed by atoms with E-state index in [4.69, 9.17) is 0 Å². The van der Waals surface area contributed by atoms with Crippen LogP contribution in [0.5, 0.6) is 0 Å². The van der Waals surface area contributed by atoms with Crippen molar-refractivity contribution < 1.29 is 4.79 Å². The fraction of sp³-hybridized carbons (Fsp3) is 0.273. The summed E-state index contributed by atoms with van der Waals surface area (Å²) in [5.74, 6) is 0.0572. The Morgan fingerprint density at radius 2 is 2.12 bits per heavy atom. The van der Waals surface area contributed by atoms with Crippen molar-refractivity contribution in [3.05, 3.63) is 42.2 Å². The van der Waals surface area contributed by atoms with Crippen LogP contribution in [0.3, 0.4) is 0 Å². The third kappa shape index (κ3) is 2.31. The summed E-state index contributed by atoms with van der Waals surface area (Å²) in [5, 5.41) is 4.05. The smallest absolute Gasteiger partial charge is 0.166 e. The van der Waals surface area contributed by atoms with Crippen molar-refractivity contribution in [3.8, 4) is 0 Å². The number of carbonyl (C=O) groups is 1. The van der Waals surface area contributed by atoms with Crippen molar-refractivity contribution in [2.24, 2.45) is 7.05 Å². The first kappa shape index (κ1) is 10.5. The Hall–Kier alpha value is -2.04. The zero-order chi connectivity index (χ0) is 11.4. The number of carbonyl (C=O) groups excluding carboxylic acids is 1. The molecule has 0 amide bonds. The molecule has 5 nitrogen and oxygen atoms in total. The molecule has 0 saturated carbocycles. The van der Waals surface area contributed by atoms with E-state index < -0.39 is 0 Å². The number of hydrogen-bond acceptors (Lipinski definition) is 4. The molecule has 0 aliphatic carbocycles. The largest absolute Gasteiger partial charge is 0.294 e. The van der Waals surface area contributed by atoms with Gasteiger partial charge < -0.3 is 0 Å². The summed E-state index contributed by atoms with van der Waals surface area (Å²) in [7, 11) is 1.87. The van der Waals surface area contributed by atoms with E-state index in [0.29, 0.717) is 18.4 Å². The summed E-state index contributed by atoms with van der Waals surface area (Å²) in [6, 6.07) is 1.91. The zero-order valence-electron chi connectivity index (χ0n) is 9.00. The third-order valence-electron chi connectivity index (χ3n) is 2.41. The summed E-state index contributed by atoms with van der Waals surface area (Å²) in [6.07, 6.45) is 7.36. The third-order valence-corrected chi connectivity index (χ3v) is 2.41. The highest BCUT2D eigenvalue weighted by Gasteiger charge is 2.07. The number of Topliss-reactive ketones (excluding diaryl/α,β-unsaturated/α-hetero) is 1. The molecule has 0 radical (unpaired) electrons. The molecule has 82 valence electrons. The minimum Gasteiger partial charge on any atom is -0.294 e. The maximum absolute atomic E-state index is 11.7. The zero-order valence-corrected chi connectivity index (χ0v) is 9.00. The van der Waals surface area contributed by atoms with E-state index in [1.807, 2.05) is 13.1 Å². The van der Waals surface area contributed by atoms with Crippen molar-refractivity contribution in [1.82, 2.24) is 19.7 Å². The minimum atomic E-state index is 0.0572. The van der Waals surface area contributed by atoms with Gasteiger partial charge in [0.15, 0.2) is 5.78 Å². The van der Waals surface area contributed by atoms with Crippen molar-refractivity contribution in [2.45, 2.75) is 12.8 Å². The van der Waals surface area contributed by atoms with E-state index in [1.165, 1.54) is 6.33 Å². The predicted octanol–water partition coefficient (Wildman–Crippen LogP) is 1.03. The van der Waals surface area contributed by atoms with Gasteiger partial charge in [0.25, 0.3) is 0 Å². The van der Waals surface area contributed by atoms with Gasteiger partial charge in [-0.1, -0.05) is 0 Å². The Morgan fingerprint density at radius 3 is 2.75 bits per heavy atom. The van der Waals surface area contributed by atoms with E-state index in [-0.39, 0.29) is 5.78 Å². The topological polar surface area (TPSA) is 60.7 Å². The fourth-order valence-electron chi connectivity index (χ4n) is 1.48. The van der Waals surface area contributed by atoms with Gasteiger partial charge in [0.05, 0.1) is 5.56 Å². The first-order chi connectivity index (χ1) is 7.77. The lowest BCUT2D eigenvalue weighted by molar-refractivity contribution is 0.0981. The summed E-state index contributed by atoms with van der Waals surface area (Å²) < 4.78 is 1.77. The molecule has 0 atom stereocenters. The number of rotatable bonds is 4. The molecular formula is C11H12N4O. The van der Waals surface area contributed by atoms with Crippen LogP contribution in [0.25, 0.3) is 0 Å². The van der Waals surface area contributed by atoms with E-state index in [2.05, 4.69) is 15.1 Å². The summed E-state index contributed by atoms with van der Waals surface area (Å²) in [5.41, 5.74) is 1.61. The Kier molecular flexibility index (Phi) is 3.05. The van der Waals surface area contributed by atoms with Crippen LogP contribution in [-0.4, -0.2) is 25.5 Å². The lowest BCUT2D eigenvalue weighted by Gasteiger charge is -2.01. The number of aryl methyl sites for hydroxylation is 2. The number of nitrogens with zero attached hydrogens (tertiary/aromatic N) is 4. The Labute approximate surface area is 93.2 Å². The van der Waals surface area contributed by atoms with Gasteiger partial charge in [0, 0.05) is 37.8 Å². The molecular weight excluding hydrogens is 204 g/mol. The van der Waals surface area contributed by atoms with Crippen LogP contribution in [0.1, 0.15) is 22.5 Å². The molecule has 2 aromatic heterocycles. The molecule has 5 heteroatoms. The van der Waals surface area contributed by atoms with Crippen molar-refractivity contribution in [2.75, 3.05) is 0 Å². The number of ketones is 1. The number of hydrogen-bond donors (Lipinski definition) is 0. The van der Waals surface area contributed by atoms with Crippen LogP contribution < -0.4 is 0 Å². The standard InChI is InChI=1S/C11H12N4O/c1-15-10(4-5-14-15)2-3-11(16)9-6-12-8-13-7-9/h4-8H,2-3H2,1H3. The van der Waals surface area contributed by atoms with Crippen molar-refractivity contribution in [3.63, 3.8) is 0 Å². The molecule has 0 aromatic carbocycles. The second-order valence-electron chi connectivity index (χ2n) is 3.50. The van der Waals surface area contributed by atoms with Gasteiger partial charge in [0.1, 0.15) is 6.33 Å². The summed E-state index contributed by atoms with van der Waals surface area (Å²) in [6.45, 7) is 0. The molecule has 2 aromatic rings. The van der Waals surface area contributed by atoms with Crippen LogP contribution in [0.15, 0.2) is 31.0 Å². The average Bonchev–Trinajstić information content (AvgIpc) is 2.73. The first-order valence-corrected chi connectivity index (χ1v) is 5.02. The van der Waals surface area contributed by atoms with Crippen LogP contribution in [-0.2, 0) is 13.5 Å². The van der Waals surface area contributed by atoms with E-state index >= 15 is 0 Å². The lowest BCUT2D eigenvalue weighted by Crippen LogP contribution is -2.05. The van der Waals surface area contributed by atoms with E-state index in [0.717, 1.165) is 5.69 Å². The molecule has 2 rings (SSSR count). The molecule has 16 heavy (non-hydrogen) atoms. The van der Waals surface area contributed by atoms with Gasteiger partial charge in [-0.3, -0.25) is 9.48 Å². The van der Waals surface area contributed by atoms with Gasteiger partial charge in [-0.25, -0.2) is 9.97 Å². The molecule has 0 fully saturated rings. The molecule has 0 bridgehead atoms. The molecule has 0 N–H and O–H groups in total. The second-order valence-corrected chi connectivity index (χ2v) is 3.50. The molecule has 2 heterocycles. The molecule has 0 unspecified atom stereocenters. The highest BCUT2D eigenvalue weighted by Crippen LogP contribution is 2.05. The molecule has 0 spiro atoms. The normalized spacial score (nSPS) is 10.3. The average molecular weight is 216 g/mol. The Bertz CT molecular complexity index is 478. The molecule has 0 aliphatic rings. The van der Waals surface area contributed by atoms with Gasteiger partial charge >= 0.3 is 0 Å². The van der Waals surface area contributed by atoms with Crippen LogP contribution >= 0.6 is 0 Å². The molecule has 0 saturated heterocycles. The van der Waals surface area contributed by atoms with E-state index in [1.54, 1.807) is 23.3 Å². The summed E-state index contributed by atoms with van der Waals surface area (Å²) in [4.78, 5) is 19.4. The van der Waals surface area contributed by atoms with E-state index in [9.17, 15) is 4.79 Å². The second kappa shape index (κ2) is 4.65. The van der Waals surface area contributed by atoms with Gasteiger partial charge in [-0.05, 0) is 12.5 Å². The van der Waals surface area contributed by atoms with Gasteiger partial charge in [-0.15, -0.1) is 0 Å². The highest BCUT2D eigenvalue weighted by molar-refractivity contribution is 5.95. The van der Waals surface area contributed by atoms with Crippen LogP contribution in [0.2, 0.25) is 0 Å². The maximum Gasteiger partial charge on any atom is 0.166 e. The van der Waals surface area contributed by atoms with Crippen molar-refractivity contribution in [1.29, 1.82) is 0 Å².